The smallest absolute Gasteiger partial charge is 0.00173 e. The van der Waals surface area contributed by atoms with Crippen LogP contribution < -0.4 is 5.73 Å². The minimum Gasteiger partial charge on any atom is -0.330 e. The predicted molar refractivity (Wildman–Crippen MR) is 92.6 cm³/mol. The van der Waals surface area contributed by atoms with Gasteiger partial charge in [-0.1, -0.05) is 31.5 Å². The van der Waals surface area contributed by atoms with E-state index < -0.39 is 0 Å². The molecule has 118 valence electrons. The molecule has 1 heteroatoms. The van der Waals surface area contributed by atoms with Gasteiger partial charge in [-0.05, 0) is 93.4 Å². The fraction of sp³-hybridized carbons (Fsp3) is 0.700. The minimum atomic E-state index is 0.343. The molecule has 0 saturated heterocycles. The molecule has 0 radical (unpaired) electrons. The second kappa shape index (κ2) is 6.52. The topological polar surface area (TPSA) is 26.0 Å². The molecule has 2 rings (SSSR count). The van der Waals surface area contributed by atoms with E-state index in [4.69, 9.17) is 5.73 Å². The van der Waals surface area contributed by atoms with Crippen molar-refractivity contribution in [1.82, 2.24) is 0 Å². The van der Waals surface area contributed by atoms with Gasteiger partial charge in [0.15, 0.2) is 0 Å². The van der Waals surface area contributed by atoms with Crippen LogP contribution in [0.2, 0.25) is 0 Å². The Bertz CT molecular complexity index is 456. The first-order chi connectivity index (χ1) is 9.87. The predicted octanol–water partition coefficient (Wildman–Crippen LogP) is 4.95. The van der Waals surface area contributed by atoms with Gasteiger partial charge >= 0.3 is 0 Å². The van der Waals surface area contributed by atoms with Crippen molar-refractivity contribution in [3.05, 3.63) is 34.4 Å². The van der Waals surface area contributed by atoms with Crippen LogP contribution in [0.15, 0.2) is 12.1 Å². The molecule has 21 heavy (non-hydrogen) atoms. The summed E-state index contributed by atoms with van der Waals surface area (Å²) in [6, 6.07) is 4.65. The lowest BCUT2D eigenvalue weighted by Gasteiger charge is -2.41. The monoisotopic (exact) mass is 287 g/mol. The van der Waals surface area contributed by atoms with Crippen molar-refractivity contribution in [2.24, 2.45) is 23.0 Å². The van der Waals surface area contributed by atoms with Gasteiger partial charge in [0.05, 0.1) is 0 Å². The van der Waals surface area contributed by atoms with E-state index in [9.17, 15) is 0 Å². The molecule has 0 aromatic heterocycles. The molecule has 1 aromatic rings. The molecular weight excluding hydrogens is 254 g/mol. The number of hydrogen-bond acceptors (Lipinski definition) is 1. The first-order valence-electron chi connectivity index (χ1n) is 8.64. The molecule has 0 unspecified atom stereocenters. The summed E-state index contributed by atoms with van der Waals surface area (Å²) in [6.07, 6.45) is 6.50. The quantitative estimate of drug-likeness (QED) is 0.833. The van der Waals surface area contributed by atoms with Crippen LogP contribution in [-0.2, 0) is 6.42 Å². The Balaban J connectivity index is 2.17. The maximum absolute atomic E-state index is 6.24. The molecule has 0 spiro atoms. The Hall–Kier alpha value is -0.820. The fourth-order valence-electron chi connectivity index (χ4n) is 4.24. The summed E-state index contributed by atoms with van der Waals surface area (Å²) in [7, 11) is 0. The molecule has 1 aliphatic carbocycles. The van der Waals surface area contributed by atoms with E-state index in [1.54, 1.807) is 5.56 Å². The lowest BCUT2D eigenvalue weighted by molar-refractivity contribution is 0.132. The summed E-state index contributed by atoms with van der Waals surface area (Å²) in [5.74, 6) is 1.73. The Labute approximate surface area is 131 Å². The van der Waals surface area contributed by atoms with E-state index in [1.165, 1.54) is 48.8 Å². The number of hydrogen-bond donors (Lipinski definition) is 1. The van der Waals surface area contributed by atoms with Crippen molar-refractivity contribution in [2.45, 2.75) is 66.7 Å². The lowest BCUT2D eigenvalue weighted by Crippen LogP contribution is -2.38. The van der Waals surface area contributed by atoms with Gasteiger partial charge in [-0.2, -0.15) is 0 Å². The number of rotatable bonds is 4. The van der Waals surface area contributed by atoms with E-state index in [0.717, 1.165) is 18.4 Å². The molecule has 1 fully saturated rings. The van der Waals surface area contributed by atoms with Crippen LogP contribution in [0.5, 0.6) is 0 Å². The van der Waals surface area contributed by atoms with Gasteiger partial charge in [0.1, 0.15) is 0 Å². The summed E-state index contributed by atoms with van der Waals surface area (Å²) >= 11 is 0. The highest BCUT2D eigenvalue weighted by atomic mass is 14.6. The van der Waals surface area contributed by atoms with E-state index >= 15 is 0 Å². The number of nitrogens with two attached hydrogens (primary N) is 1. The van der Waals surface area contributed by atoms with Crippen LogP contribution in [0, 0.1) is 38.0 Å². The maximum Gasteiger partial charge on any atom is -0.00173 e. The molecular formula is C20H33N. The first kappa shape index (κ1) is 16.5. The van der Waals surface area contributed by atoms with Gasteiger partial charge in [-0.15, -0.1) is 0 Å². The Morgan fingerprint density at radius 1 is 1.10 bits per heavy atom. The highest BCUT2D eigenvalue weighted by Crippen LogP contribution is 2.43. The second-order valence-electron chi connectivity index (χ2n) is 7.84. The first-order valence-corrected chi connectivity index (χ1v) is 8.64. The van der Waals surface area contributed by atoms with Gasteiger partial charge in [0.2, 0.25) is 0 Å². The molecule has 1 saturated carbocycles. The Kier molecular flexibility index (Phi) is 5.14. The van der Waals surface area contributed by atoms with Crippen molar-refractivity contribution in [1.29, 1.82) is 0 Å². The average Bonchev–Trinajstić information content (AvgIpc) is 2.43. The molecule has 0 aliphatic heterocycles. The summed E-state index contributed by atoms with van der Waals surface area (Å²) in [4.78, 5) is 0. The molecule has 0 heterocycles. The summed E-state index contributed by atoms with van der Waals surface area (Å²) in [6.45, 7) is 12.3. The Morgan fingerprint density at radius 3 is 2.05 bits per heavy atom. The highest BCUT2D eigenvalue weighted by molar-refractivity contribution is 5.38. The minimum absolute atomic E-state index is 0.343. The molecule has 2 N–H and O–H groups in total. The van der Waals surface area contributed by atoms with Crippen LogP contribution in [0.4, 0.5) is 0 Å². The van der Waals surface area contributed by atoms with Crippen LogP contribution in [0.1, 0.15) is 61.8 Å². The Morgan fingerprint density at radius 2 is 1.62 bits per heavy atom. The van der Waals surface area contributed by atoms with Crippen molar-refractivity contribution < 1.29 is 0 Å². The third-order valence-corrected chi connectivity index (χ3v) is 5.86. The standard InChI is InChI=1S/C20H33N/c1-14(2)18-6-8-20(13-21,9-7-18)12-19-16(4)10-15(3)11-17(19)5/h10-11,14,18H,6-9,12-13,21H2,1-5H3. The molecule has 0 atom stereocenters. The maximum atomic E-state index is 6.24. The van der Waals surface area contributed by atoms with E-state index in [1.807, 2.05) is 0 Å². The molecule has 0 bridgehead atoms. The van der Waals surface area contributed by atoms with E-state index in [0.29, 0.717) is 5.41 Å². The normalized spacial score (nSPS) is 26.3. The van der Waals surface area contributed by atoms with E-state index in [2.05, 4.69) is 46.8 Å². The second-order valence-corrected chi connectivity index (χ2v) is 7.84. The zero-order valence-corrected chi connectivity index (χ0v) is 14.6. The van der Waals surface area contributed by atoms with Crippen LogP contribution in [0.25, 0.3) is 0 Å². The third-order valence-electron chi connectivity index (χ3n) is 5.86. The van der Waals surface area contributed by atoms with Crippen molar-refractivity contribution in [3.63, 3.8) is 0 Å². The van der Waals surface area contributed by atoms with Gasteiger partial charge in [-0.3, -0.25) is 0 Å². The fourth-order valence-corrected chi connectivity index (χ4v) is 4.24. The van der Waals surface area contributed by atoms with Crippen LogP contribution in [0.3, 0.4) is 0 Å². The van der Waals surface area contributed by atoms with Crippen molar-refractivity contribution in [2.75, 3.05) is 6.54 Å². The van der Waals surface area contributed by atoms with Crippen molar-refractivity contribution in [3.8, 4) is 0 Å². The molecule has 1 aromatic carbocycles. The summed E-state index contributed by atoms with van der Waals surface area (Å²) in [5, 5.41) is 0. The largest absolute Gasteiger partial charge is 0.330 e. The van der Waals surface area contributed by atoms with Gasteiger partial charge in [0, 0.05) is 0 Å². The van der Waals surface area contributed by atoms with Crippen molar-refractivity contribution >= 4 is 0 Å². The third kappa shape index (κ3) is 3.69. The highest BCUT2D eigenvalue weighted by Gasteiger charge is 2.35. The number of aryl methyl sites for hydroxylation is 3. The average molecular weight is 287 g/mol. The van der Waals surface area contributed by atoms with Gasteiger partial charge in [-0.25, -0.2) is 0 Å². The zero-order chi connectivity index (χ0) is 15.6. The van der Waals surface area contributed by atoms with Crippen LogP contribution in [-0.4, -0.2) is 6.54 Å². The summed E-state index contributed by atoms with van der Waals surface area (Å²) < 4.78 is 0. The van der Waals surface area contributed by atoms with Gasteiger partial charge in [0.25, 0.3) is 0 Å². The molecule has 1 aliphatic rings. The summed E-state index contributed by atoms with van der Waals surface area (Å²) in [5.41, 5.74) is 12.4. The zero-order valence-electron chi connectivity index (χ0n) is 14.6. The SMILES string of the molecule is Cc1cc(C)c(CC2(CN)CCC(C(C)C)CC2)c(C)c1. The van der Waals surface area contributed by atoms with Gasteiger partial charge < -0.3 is 5.73 Å². The molecule has 0 amide bonds. The lowest BCUT2D eigenvalue weighted by atomic mass is 9.65. The van der Waals surface area contributed by atoms with Crippen LogP contribution >= 0.6 is 0 Å². The van der Waals surface area contributed by atoms with E-state index in [-0.39, 0.29) is 0 Å². The molecule has 1 nitrogen and oxygen atoms in total. The number of benzene rings is 1.